The van der Waals surface area contributed by atoms with Gasteiger partial charge in [-0.1, -0.05) is 12.1 Å². The quantitative estimate of drug-likeness (QED) is 0.743. The summed E-state index contributed by atoms with van der Waals surface area (Å²) in [5.74, 6) is -1.33. The first kappa shape index (κ1) is 20.0. The number of anilines is 1. The number of rotatable bonds is 5. The Labute approximate surface area is 152 Å². The molecule has 0 bridgehead atoms. The summed E-state index contributed by atoms with van der Waals surface area (Å²) in [7, 11) is -4.07. The van der Waals surface area contributed by atoms with E-state index in [9.17, 15) is 17.6 Å². The lowest BCUT2D eigenvalue weighted by atomic mass is 10.1. The normalized spacial score (nSPS) is 12.0. The maximum atomic E-state index is 14.0. The highest BCUT2D eigenvalue weighted by atomic mass is 32.2. The molecule has 0 aliphatic carbocycles. The molecule has 0 spiro atoms. The Morgan fingerprint density at radius 1 is 1.12 bits per heavy atom. The highest BCUT2D eigenvalue weighted by Crippen LogP contribution is 2.21. The van der Waals surface area contributed by atoms with Gasteiger partial charge in [0.15, 0.2) is 0 Å². The second-order valence-corrected chi connectivity index (χ2v) is 8.51. The maximum absolute atomic E-state index is 14.0. The summed E-state index contributed by atoms with van der Waals surface area (Å²) < 4.78 is 41.2. The molecular weight excluding hydrogens is 357 g/mol. The molecule has 0 radical (unpaired) electrons. The number of nitrogens with one attached hydrogen (secondary N) is 2. The second-order valence-electron chi connectivity index (χ2n) is 6.86. The summed E-state index contributed by atoms with van der Waals surface area (Å²) in [4.78, 5) is 11.8. The van der Waals surface area contributed by atoms with E-state index in [0.29, 0.717) is 12.1 Å². The van der Waals surface area contributed by atoms with Crippen LogP contribution in [0.3, 0.4) is 0 Å². The largest absolute Gasteiger partial charge is 0.326 e. The number of amides is 1. The third kappa shape index (κ3) is 5.10. The van der Waals surface area contributed by atoms with Crippen molar-refractivity contribution < 1.29 is 17.6 Å². The van der Waals surface area contributed by atoms with Crippen LogP contribution in [-0.4, -0.2) is 19.9 Å². The van der Waals surface area contributed by atoms with Crippen molar-refractivity contribution in [2.75, 3.05) is 5.32 Å². The summed E-state index contributed by atoms with van der Waals surface area (Å²) in [6.45, 7) is 5.32. The number of carbonyl (C=O) groups is 1. The van der Waals surface area contributed by atoms with Gasteiger partial charge in [-0.2, -0.15) is 0 Å². The minimum atomic E-state index is -4.07. The average molecular weight is 379 g/mol. The molecule has 0 unspecified atom stereocenters. The predicted molar refractivity (Wildman–Crippen MR) is 98.8 cm³/mol. The summed E-state index contributed by atoms with van der Waals surface area (Å²) in [6, 6.07) is 10.1. The summed E-state index contributed by atoms with van der Waals surface area (Å²) >= 11 is 0. The number of benzene rings is 2. The van der Waals surface area contributed by atoms with Crippen LogP contribution in [0, 0.1) is 5.82 Å². The summed E-state index contributed by atoms with van der Waals surface area (Å²) in [5, 5.41) is 2.57. The molecule has 0 fully saturated rings. The van der Waals surface area contributed by atoms with Gasteiger partial charge in [-0.25, -0.2) is 17.5 Å². The van der Waals surface area contributed by atoms with E-state index in [2.05, 4.69) is 10.0 Å². The van der Waals surface area contributed by atoms with Crippen LogP contribution in [0.4, 0.5) is 10.1 Å². The number of carbonyl (C=O) groups excluding carboxylic acids is 1. The van der Waals surface area contributed by atoms with Gasteiger partial charge in [-0.3, -0.25) is 4.79 Å². The SMILES string of the molecule is CC(C)(C)NS(=O)(=O)c1cc(NC(=O)c2ccc(CN)cc2)ccc1F. The molecule has 0 aliphatic heterocycles. The van der Waals surface area contributed by atoms with E-state index in [0.717, 1.165) is 17.7 Å². The van der Waals surface area contributed by atoms with E-state index in [4.69, 9.17) is 5.73 Å². The molecule has 8 heteroatoms. The van der Waals surface area contributed by atoms with Gasteiger partial charge in [0, 0.05) is 23.3 Å². The lowest BCUT2D eigenvalue weighted by Crippen LogP contribution is -2.40. The van der Waals surface area contributed by atoms with E-state index in [-0.39, 0.29) is 5.69 Å². The molecule has 0 aliphatic rings. The van der Waals surface area contributed by atoms with Crippen LogP contribution in [0.1, 0.15) is 36.7 Å². The molecule has 2 rings (SSSR count). The minimum absolute atomic E-state index is 0.175. The van der Waals surface area contributed by atoms with Crippen molar-refractivity contribution in [1.29, 1.82) is 0 Å². The average Bonchev–Trinajstić information content (AvgIpc) is 2.54. The Balaban J connectivity index is 2.27. The van der Waals surface area contributed by atoms with E-state index < -0.39 is 32.2 Å². The molecule has 0 heterocycles. The van der Waals surface area contributed by atoms with Gasteiger partial charge in [-0.15, -0.1) is 0 Å². The van der Waals surface area contributed by atoms with E-state index >= 15 is 0 Å². The van der Waals surface area contributed by atoms with Crippen LogP contribution >= 0.6 is 0 Å². The first-order valence-corrected chi connectivity index (χ1v) is 9.44. The van der Waals surface area contributed by atoms with Crippen LogP contribution in [0.25, 0.3) is 0 Å². The Morgan fingerprint density at radius 3 is 2.27 bits per heavy atom. The molecule has 26 heavy (non-hydrogen) atoms. The van der Waals surface area contributed by atoms with Crippen molar-refractivity contribution in [3.63, 3.8) is 0 Å². The first-order valence-electron chi connectivity index (χ1n) is 7.96. The molecule has 0 aromatic heterocycles. The smallest absolute Gasteiger partial charge is 0.255 e. The van der Waals surface area contributed by atoms with Crippen LogP contribution in [0.5, 0.6) is 0 Å². The fourth-order valence-corrected chi connectivity index (χ4v) is 3.76. The highest BCUT2D eigenvalue weighted by Gasteiger charge is 2.25. The first-order chi connectivity index (χ1) is 12.0. The Hall–Kier alpha value is -2.29. The maximum Gasteiger partial charge on any atom is 0.255 e. The lowest BCUT2D eigenvalue weighted by Gasteiger charge is -2.20. The molecule has 0 saturated heterocycles. The van der Waals surface area contributed by atoms with Crippen LogP contribution < -0.4 is 15.8 Å². The van der Waals surface area contributed by atoms with Gasteiger partial charge < -0.3 is 11.1 Å². The topological polar surface area (TPSA) is 101 Å². The molecule has 1 amide bonds. The van der Waals surface area contributed by atoms with Crippen molar-refractivity contribution in [1.82, 2.24) is 4.72 Å². The zero-order chi connectivity index (χ0) is 19.5. The molecule has 0 saturated carbocycles. The zero-order valence-corrected chi connectivity index (χ0v) is 15.7. The zero-order valence-electron chi connectivity index (χ0n) is 14.8. The van der Waals surface area contributed by atoms with Gasteiger partial charge in [-0.05, 0) is 56.7 Å². The number of hydrogen-bond donors (Lipinski definition) is 3. The van der Waals surface area contributed by atoms with Crippen molar-refractivity contribution >= 4 is 21.6 Å². The summed E-state index contributed by atoms with van der Waals surface area (Å²) in [5.41, 5.74) is 6.18. The van der Waals surface area contributed by atoms with Gasteiger partial charge in [0.2, 0.25) is 10.0 Å². The highest BCUT2D eigenvalue weighted by molar-refractivity contribution is 7.89. The Morgan fingerprint density at radius 2 is 1.73 bits per heavy atom. The standard InChI is InChI=1S/C18H22FN3O3S/c1-18(2,3)22-26(24,25)16-10-14(8-9-15(16)19)21-17(23)13-6-4-12(11-20)5-7-13/h4-10,22H,11,20H2,1-3H3,(H,21,23). The number of halogens is 1. The van der Waals surface area contributed by atoms with E-state index in [1.54, 1.807) is 45.0 Å². The molecule has 2 aromatic rings. The van der Waals surface area contributed by atoms with Crippen molar-refractivity contribution in [3.8, 4) is 0 Å². The molecule has 0 atom stereocenters. The monoisotopic (exact) mass is 379 g/mol. The molecule has 4 N–H and O–H groups in total. The molecular formula is C18H22FN3O3S. The van der Waals surface area contributed by atoms with Crippen molar-refractivity contribution in [3.05, 3.63) is 59.4 Å². The molecule has 140 valence electrons. The van der Waals surface area contributed by atoms with Crippen molar-refractivity contribution in [2.45, 2.75) is 37.8 Å². The number of nitrogens with two attached hydrogens (primary N) is 1. The Kier molecular flexibility index (Phi) is 5.80. The van der Waals surface area contributed by atoms with Crippen LogP contribution in [-0.2, 0) is 16.6 Å². The van der Waals surface area contributed by atoms with Gasteiger partial charge in [0.05, 0.1) is 0 Å². The third-order valence-corrected chi connectivity index (χ3v) is 5.14. The second kappa shape index (κ2) is 7.53. The summed E-state index contributed by atoms with van der Waals surface area (Å²) in [6.07, 6.45) is 0. The molecule has 2 aromatic carbocycles. The third-order valence-electron chi connectivity index (χ3n) is 3.37. The van der Waals surface area contributed by atoms with E-state index in [1.165, 1.54) is 6.07 Å². The van der Waals surface area contributed by atoms with Crippen LogP contribution in [0.2, 0.25) is 0 Å². The predicted octanol–water partition coefficient (Wildman–Crippen LogP) is 2.61. The number of hydrogen-bond acceptors (Lipinski definition) is 4. The fourth-order valence-electron chi connectivity index (χ4n) is 2.24. The fraction of sp³-hybridized carbons (Fsp3) is 0.278. The number of sulfonamides is 1. The minimum Gasteiger partial charge on any atom is -0.326 e. The lowest BCUT2D eigenvalue weighted by molar-refractivity contribution is 0.102. The molecule has 6 nitrogen and oxygen atoms in total. The van der Waals surface area contributed by atoms with Crippen LogP contribution in [0.15, 0.2) is 47.4 Å². The van der Waals surface area contributed by atoms with Gasteiger partial charge in [0.25, 0.3) is 5.91 Å². The van der Waals surface area contributed by atoms with Crippen molar-refractivity contribution in [2.24, 2.45) is 5.73 Å². The Bertz CT molecular complexity index is 904. The van der Waals surface area contributed by atoms with E-state index in [1.807, 2.05) is 0 Å². The van der Waals surface area contributed by atoms with Gasteiger partial charge in [0.1, 0.15) is 10.7 Å². The van der Waals surface area contributed by atoms with Gasteiger partial charge >= 0.3 is 0 Å².